The Morgan fingerprint density at radius 3 is 2.54 bits per heavy atom. The van der Waals surface area contributed by atoms with E-state index in [2.05, 4.69) is 35.4 Å². The number of benzene rings is 1. The molecule has 0 aliphatic carbocycles. The maximum absolute atomic E-state index is 12.7. The van der Waals surface area contributed by atoms with E-state index in [0.29, 0.717) is 38.9 Å². The number of halogens is 1. The lowest BCUT2D eigenvalue weighted by Crippen LogP contribution is -2.47. The van der Waals surface area contributed by atoms with Gasteiger partial charge in [-0.1, -0.05) is 35.1 Å². The average molecular weight is 548 g/mol. The number of aryl methyl sites for hydroxylation is 2. The molecule has 1 amide bonds. The van der Waals surface area contributed by atoms with Crippen LogP contribution in [0.25, 0.3) is 0 Å². The molecule has 37 heavy (non-hydrogen) atoms. The van der Waals surface area contributed by atoms with Gasteiger partial charge in [0.1, 0.15) is 22.3 Å². The predicted molar refractivity (Wildman–Crippen MR) is 149 cm³/mol. The number of aliphatic hydroxyl groups excluding tert-OH is 2. The molecule has 200 valence electrons. The van der Waals surface area contributed by atoms with Crippen molar-refractivity contribution in [1.82, 2.24) is 19.9 Å². The second kappa shape index (κ2) is 13.6. The van der Waals surface area contributed by atoms with Gasteiger partial charge in [0.25, 0.3) is 5.91 Å². The summed E-state index contributed by atoms with van der Waals surface area (Å²) in [6.45, 7) is 11.5. The maximum Gasteiger partial charge on any atom is 0.267 e. The molecule has 1 aliphatic rings. The normalized spacial score (nSPS) is 13.8. The number of hydrogen-bond acceptors (Lipinski definition) is 10. The molecule has 0 bridgehead atoms. The molecule has 0 spiro atoms. The second-order valence-corrected chi connectivity index (χ2v) is 10.3. The standard InChI is InChI=1S/C22H26ClN7O2S.C3H8O/c1-14-4-3-5-16(23)20(14)28-21(32)17-13-24-22(33-17)27-18-12-19(26-15(2)25-18)30-8-6-29(7-9-30)10-11-31;1-3(2)4/h3-5,12-13,31H,6-11H2,1-2H3,(H,28,32)(H,24,25,26,27);3-4H,1-2H3. The van der Waals surface area contributed by atoms with E-state index in [9.17, 15) is 4.79 Å². The zero-order valence-electron chi connectivity index (χ0n) is 21.5. The van der Waals surface area contributed by atoms with Crippen LogP contribution in [0.15, 0.2) is 30.5 Å². The number of thiazole rings is 1. The number of nitrogens with zero attached hydrogens (tertiary/aromatic N) is 5. The van der Waals surface area contributed by atoms with Crippen molar-refractivity contribution in [2.24, 2.45) is 0 Å². The quantitative estimate of drug-likeness (QED) is 0.350. The third-order valence-corrected chi connectivity index (χ3v) is 6.59. The smallest absolute Gasteiger partial charge is 0.267 e. The zero-order valence-corrected chi connectivity index (χ0v) is 23.1. The first-order valence-corrected chi connectivity index (χ1v) is 13.3. The Kier molecular flexibility index (Phi) is 10.6. The number of piperazine rings is 1. The SMILES string of the molecule is CC(C)O.Cc1nc(Nc2ncc(C(=O)Nc3c(C)cccc3Cl)s2)cc(N2CCN(CCO)CC2)n1. The van der Waals surface area contributed by atoms with Gasteiger partial charge in [0.05, 0.1) is 23.5 Å². The molecule has 0 unspecified atom stereocenters. The van der Waals surface area contributed by atoms with Crippen LogP contribution in [0.4, 0.5) is 22.5 Å². The van der Waals surface area contributed by atoms with Gasteiger partial charge in [-0.15, -0.1) is 0 Å². The van der Waals surface area contributed by atoms with Crippen molar-refractivity contribution in [3.05, 3.63) is 51.7 Å². The third-order valence-electron chi connectivity index (χ3n) is 5.36. The molecule has 3 aromatic rings. The van der Waals surface area contributed by atoms with E-state index >= 15 is 0 Å². The van der Waals surface area contributed by atoms with Crippen LogP contribution >= 0.6 is 22.9 Å². The van der Waals surface area contributed by atoms with Crippen molar-refractivity contribution in [2.45, 2.75) is 33.8 Å². The van der Waals surface area contributed by atoms with Crippen LogP contribution in [0.2, 0.25) is 5.02 Å². The van der Waals surface area contributed by atoms with E-state index in [4.69, 9.17) is 21.8 Å². The molecule has 0 saturated carbocycles. The van der Waals surface area contributed by atoms with Crippen molar-refractivity contribution >= 4 is 51.3 Å². The number of nitrogens with one attached hydrogen (secondary N) is 2. The topological polar surface area (TPSA) is 127 Å². The first-order valence-electron chi connectivity index (χ1n) is 12.1. The van der Waals surface area contributed by atoms with Crippen LogP contribution in [0.3, 0.4) is 0 Å². The molecule has 4 N–H and O–H groups in total. The van der Waals surface area contributed by atoms with E-state index in [0.717, 1.165) is 37.6 Å². The lowest BCUT2D eigenvalue weighted by atomic mass is 10.2. The lowest BCUT2D eigenvalue weighted by molar-refractivity contribution is 0.103. The van der Waals surface area contributed by atoms with Crippen LogP contribution in [0.5, 0.6) is 0 Å². The molecule has 12 heteroatoms. The number of aliphatic hydroxyl groups is 2. The summed E-state index contributed by atoms with van der Waals surface area (Å²) in [5.74, 6) is 1.85. The summed E-state index contributed by atoms with van der Waals surface area (Å²) in [4.78, 5) is 31.0. The van der Waals surface area contributed by atoms with E-state index in [1.807, 2.05) is 32.0 Å². The minimum absolute atomic E-state index is 0.167. The van der Waals surface area contributed by atoms with Gasteiger partial charge in [-0.2, -0.15) is 0 Å². The molecule has 0 radical (unpaired) electrons. The monoisotopic (exact) mass is 547 g/mol. The number of anilines is 4. The van der Waals surface area contributed by atoms with Gasteiger partial charge in [0, 0.05) is 44.9 Å². The largest absolute Gasteiger partial charge is 0.395 e. The van der Waals surface area contributed by atoms with Gasteiger partial charge >= 0.3 is 0 Å². The minimum Gasteiger partial charge on any atom is -0.395 e. The van der Waals surface area contributed by atoms with E-state index in [1.165, 1.54) is 17.5 Å². The van der Waals surface area contributed by atoms with Crippen LogP contribution in [0.1, 0.15) is 34.9 Å². The average Bonchev–Trinajstić information content (AvgIpc) is 3.30. The minimum atomic E-state index is -0.267. The van der Waals surface area contributed by atoms with Crippen molar-refractivity contribution in [3.8, 4) is 0 Å². The lowest BCUT2D eigenvalue weighted by Gasteiger charge is -2.35. The van der Waals surface area contributed by atoms with E-state index < -0.39 is 0 Å². The van der Waals surface area contributed by atoms with Crippen molar-refractivity contribution < 1.29 is 15.0 Å². The summed E-state index contributed by atoms with van der Waals surface area (Å²) in [5.41, 5.74) is 1.49. The molecule has 1 aromatic carbocycles. The molecule has 1 fully saturated rings. The van der Waals surface area contributed by atoms with Gasteiger partial charge in [-0.3, -0.25) is 9.69 Å². The molecule has 4 rings (SSSR count). The molecular formula is C25H34ClN7O3S. The van der Waals surface area contributed by atoms with Crippen LogP contribution in [-0.4, -0.2) is 81.4 Å². The molecule has 2 aromatic heterocycles. The second-order valence-electron chi connectivity index (χ2n) is 8.85. The number of hydrogen-bond donors (Lipinski definition) is 4. The highest BCUT2D eigenvalue weighted by Crippen LogP contribution is 2.28. The first-order chi connectivity index (χ1) is 17.7. The summed E-state index contributed by atoms with van der Waals surface area (Å²) in [6, 6.07) is 7.37. The number of amides is 1. The third kappa shape index (κ3) is 8.61. The highest BCUT2D eigenvalue weighted by Gasteiger charge is 2.19. The van der Waals surface area contributed by atoms with Crippen LogP contribution < -0.4 is 15.5 Å². The Morgan fingerprint density at radius 2 is 1.89 bits per heavy atom. The molecule has 3 heterocycles. The van der Waals surface area contributed by atoms with E-state index in [-0.39, 0.29) is 18.6 Å². The Hall–Kier alpha value is -2.83. The Morgan fingerprint density at radius 1 is 1.19 bits per heavy atom. The zero-order chi connectivity index (χ0) is 26.9. The summed E-state index contributed by atoms with van der Waals surface area (Å²) >= 11 is 7.46. The number of para-hydroxylation sites is 1. The number of carbonyl (C=O) groups is 1. The van der Waals surface area contributed by atoms with Gasteiger partial charge in [-0.05, 0) is 39.3 Å². The summed E-state index contributed by atoms with van der Waals surface area (Å²) < 4.78 is 0. The fourth-order valence-corrected chi connectivity index (χ4v) is 4.62. The van der Waals surface area contributed by atoms with Crippen molar-refractivity contribution in [2.75, 3.05) is 54.9 Å². The molecule has 0 atom stereocenters. The van der Waals surface area contributed by atoms with Crippen LogP contribution in [-0.2, 0) is 0 Å². The number of β-amino-alcohol motifs (C(OH)–C–C–N with tert-alkyl or cyclic N) is 1. The van der Waals surface area contributed by atoms with Gasteiger partial charge in [0.2, 0.25) is 0 Å². The molecular weight excluding hydrogens is 514 g/mol. The highest BCUT2D eigenvalue weighted by molar-refractivity contribution is 7.17. The van der Waals surface area contributed by atoms with Crippen LogP contribution in [0, 0.1) is 13.8 Å². The highest BCUT2D eigenvalue weighted by atomic mass is 35.5. The summed E-state index contributed by atoms with van der Waals surface area (Å²) in [7, 11) is 0. The van der Waals surface area contributed by atoms with Gasteiger partial charge in [-0.25, -0.2) is 15.0 Å². The van der Waals surface area contributed by atoms with E-state index in [1.54, 1.807) is 19.9 Å². The van der Waals surface area contributed by atoms with Gasteiger partial charge in [0.15, 0.2) is 5.13 Å². The fourth-order valence-electron chi connectivity index (χ4n) is 3.63. The van der Waals surface area contributed by atoms with Crippen molar-refractivity contribution in [1.29, 1.82) is 0 Å². The number of aromatic nitrogens is 3. The Bertz CT molecular complexity index is 1160. The fraction of sp³-hybridized carbons (Fsp3) is 0.440. The number of rotatable bonds is 7. The van der Waals surface area contributed by atoms with Gasteiger partial charge < -0.3 is 25.7 Å². The predicted octanol–water partition coefficient (Wildman–Crippen LogP) is 3.70. The summed E-state index contributed by atoms with van der Waals surface area (Å²) in [5, 5.41) is 24.3. The maximum atomic E-state index is 12.7. The van der Waals surface area contributed by atoms with Crippen molar-refractivity contribution in [3.63, 3.8) is 0 Å². The summed E-state index contributed by atoms with van der Waals surface area (Å²) in [6.07, 6.45) is 1.36. The molecule has 10 nitrogen and oxygen atoms in total. The first kappa shape index (κ1) is 28.7. The Balaban J connectivity index is 0.000000886. The molecule has 1 aliphatic heterocycles. The molecule has 1 saturated heterocycles. The number of carbonyl (C=O) groups excluding carboxylic acids is 1. The Labute approximate surface area is 226 Å².